The average Bonchev–Trinajstić information content (AvgIpc) is 3.02. The molecule has 2 amide bonds. The highest BCUT2D eigenvalue weighted by Crippen LogP contribution is 2.12. The van der Waals surface area contributed by atoms with Gasteiger partial charge in [0, 0.05) is 18.8 Å². The molecule has 21 heavy (non-hydrogen) atoms. The van der Waals surface area contributed by atoms with Gasteiger partial charge < -0.3 is 20.2 Å². The number of nitrogens with one attached hydrogen (secondary N) is 2. The number of aliphatic carboxylic acids is 1. The highest BCUT2D eigenvalue weighted by molar-refractivity contribution is 5.83. The Balaban J connectivity index is 1.94. The molecule has 112 valence electrons. The van der Waals surface area contributed by atoms with Gasteiger partial charge in [-0.3, -0.25) is 4.68 Å². The molecule has 3 N–H and O–H groups in total. The van der Waals surface area contributed by atoms with Crippen molar-refractivity contribution in [2.75, 3.05) is 0 Å². The van der Waals surface area contributed by atoms with Gasteiger partial charge in [-0.05, 0) is 19.1 Å². The average molecular weight is 292 g/mol. The second-order valence-electron chi connectivity index (χ2n) is 4.56. The Bertz CT molecular complexity index is 646. The van der Waals surface area contributed by atoms with Crippen LogP contribution < -0.4 is 10.6 Å². The maximum absolute atomic E-state index is 11.8. The van der Waals surface area contributed by atoms with Crippen molar-refractivity contribution in [3.8, 4) is 0 Å². The smallest absolute Gasteiger partial charge is 0.331 e. The zero-order valence-electron chi connectivity index (χ0n) is 11.7. The van der Waals surface area contributed by atoms with Crippen molar-refractivity contribution < 1.29 is 19.1 Å². The third kappa shape index (κ3) is 3.85. The minimum absolute atomic E-state index is 0.180. The van der Waals surface area contributed by atoms with Crippen LogP contribution in [-0.2, 0) is 18.4 Å². The van der Waals surface area contributed by atoms with Crippen molar-refractivity contribution in [2.45, 2.75) is 19.5 Å². The zero-order chi connectivity index (χ0) is 15.4. The minimum Gasteiger partial charge on any atom is -0.479 e. The topological polar surface area (TPSA) is 109 Å². The van der Waals surface area contributed by atoms with E-state index in [1.54, 1.807) is 26.1 Å². The van der Waals surface area contributed by atoms with Gasteiger partial charge in [0.15, 0.2) is 6.04 Å². The summed E-state index contributed by atoms with van der Waals surface area (Å²) in [7, 11) is 1.67. The van der Waals surface area contributed by atoms with E-state index in [4.69, 9.17) is 4.42 Å². The number of furan rings is 1. The molecule has 1 unspecified atom stereocenters. The molecule has 0 spiro atoms. The molecule has 2 aromatic rings. The Hall–Kier alpha value is -2.77. The summed E-state index contributed by atoms with van der Waals surface area (Å²) in [5, 5.41) is 18.0. The summed E-state index contributed by atoms with van der Waals surface area (Å²) in [6.45, 7) is 1.98. The molecule has 0 radical (unpaired) electrons. The number of aromatic nitrogens is 2. The summed E-state index contributed by atoms with van der Waals surface area (Å²) < 4.78 is 6.77. The lowest BCUT2D eigenvalue weighted by atomic mass is 10.1. The maximum atomic E-state index is 11.8. The Morgan fingerprint density at radius 2 is 2.24 bits per heavy atom. The van der Waals surface area contributed by atoms with Crippen LogP contribution in [-0.4, -0.2) is 26.9 Å². The van der Waals surface area contributed by atoms with Crippen LogP contribution in [0.1, 0.15) is 23.1 Å². The van der Waals surface area contributed by atoms with Gasteiger partial charge in [-0.15, -0.1) is 0 Å². The van der Waals surface area contributed by atoms with Crippen LogP contribution in [0.25, 0.3) is 0 Å². The molecule has 2 heterocycles. The van der Waals surface area contributed by atoms with Crippen LogP contribution >= 0.6 is 0 Å². The number of aryl methyl sites for hydroxylation is 2. The fourth-order valence-electron chi connectivity index (χ4n) is 1.81. The molecule has 0 aliphatic rings. The summed E-state index contributed by atoms with van der Waals surface area (Å²) >= 11 is 0. The first-order valence-electron chi connectivity index (χ1n) is 6.26. The van der Waals surface area contributed by atoms with Crippen molar-refractivity contribution >= 4 is 12.0 Å². The molecular formula is C13H16N4O4. The number of hydrogen-bond acceptors (Lipinski definition) is 4. The standard InChI is InChI=1S/C13H16N4O4/c1-8-3-4-10(21-8)6-14-13(20)16-11(12(18)19)9-5-15-17(2)7-9/h3-5,7,11H,6H2,1-2H3,(H,18,19)(H2,14,16,20). The molecule has 8 nitrogen and oxygen atoms in total. The van der Waals surface area contributed by atoms with Crippen LogP contribution in [0.15, 0.2) is 28.9 Å². The van der Waals surface area contributed by atoms with Crippen molar-refractivity contribution in [1.29, 1.82) is 0 Å². The van der Waals surface area contributed by atoms with Crippen LogP contribution in [0.5, 0.6) is 0 Å². The lowest BCUT2D eigenvalue weighted by Gasteiger charge is -2.13. The number of urea groups is 1. The summed E-state index contributed by atoms with van der Waals surface area (Å²) in [5.74, 6) is 0.175. The maximum Gasteiger partial charge on any atom is 0.331 e. The monoisotopic (exact) mass is 292 g/mol. The largest absolute Gasteiger partial charge is 0.479 e. The quantitative estimate of drug-likeness (QED) is 0.760. The highest BCUT2D eigenvalue weighted by Gasteiger charge is 2.23. The van der Waals surface area contributed by atoms with Gasteiger partial charge in [0.05, 0.1) is 12.7 Å². The molecule has 0 bridgehead atoms. The minimum atomic E-state index is -1.16. The van der Waals surface area contributed by atoms with E-state index in [-0.39, 0.29) is 6.54 Å². The lowest BCUT2D eigenvalue weighted by Crippen LogP contribution is -2.40. The normalized spacial score (nSPS) is 11.9. The Morgan fingerprint density at radius 1 is 1.48 bits per heavy atom. The highest BCUT2D eigenvalue weighted by atomic mass is 16.4. The molecule has 0 fully saturated rings. The Morgan fingerprint density at radius 3 is 2.76 bits per heavy atom. The molecular weight excluding hydrogens is 276 g/mol. The van der Waals surface area contributed by atoms with Gasteiger partial charge in [-0.2, -0.15) is 5.10 Å². The van der Waals surface area contributed by atoms with E-state index < -0.39 is 18.0 Å². The Kier molecular flexibility index (Phi) is 4.27. The molecule has 8 heteroatoms. The van der Waals surface area contributed by atoms with Gasteiger partial charge >= 0.3 is 12.0 Å². The first kappa shape index (κ1) is 14.6. The van der Waals surface area contributed by atoms with Crippen LogP contribution in [0.2, 0.25) is 0 Å². The zero-order valence-corrected chi connectivity index (χ0v) is 11.7. The number of carboxylic acids is 1. The molecule has 0 saturated heterocycles. The third-order valence-corrected chi connectivity index (χ3v) is 2.80. The first-order valence-corrected chi connectivity index (χ1v) is 6.26. The van der Waals surface area contributed by atoms with Crippen molar-refractivity contribution in [3.63, 3.8) is 0 Å². The number of carbonyl (C=O) groups is 2. The number of carboxylic acid groups (broad SMARTS) is 1. The van der Waals surface area contributed by atoms with Crippen molar-refractivity contribution in [3.05, 3.63) is 41.6 Å². The molecule has 2 rings (SSSR count). The number of rotatable bonds is 5. The van der Waals surface area contributed by atoms with Crippen LogP contribution in [0.4, 0.5) is 4.79 Å². The molecule has 0 aliphatic carbocycles. The second kappa shape index (κ2) is 6.12. The fourth-order valence-corrected chi connectivity index (χ4v) is 1.81. The number of nitrogens with zero attached hydrogens (tertiary/aromatic N) is 2. The van der Waals surface area contributed by atoms with E-state index in [0.717, 1.165) is 5.76 Å². The van der Waals surface area contributed by atoms with Crippen molar-refractivity contribution in [2.24, 2.45) is 7.05 Å². The number of amides is 2. The van der Waals surface area contributed by atoms with E-state index in [1.807, 2.05) is 0 Å². The lowest BCUT2D eigenvalue weighted by molar-refractivity contribution is -0.139. The van der Waals surface area contributed by atoms with Gasteiger partial charge in [0.2, 0.25) is 0 Å². The van der Waals surface area contributed by atoms with Gasteiger partial charge in [0.1, 0.15) is 11.5 Å². The van der Waals surface area contributed by atoms with Crippen molar-refractivity contribution in [1.82, 2.24) is 20.4 Å². The molecule has 0 saturated carbocycles. The molecule has 0 aliphatic heterocycles. The van der Waals surface area contributed by atoms with Gasteiger partial charge in [-0.25, -0.2) is 9.59 Å². The Labute approximate surface area is 120 Å². The molecule has 1 atom stereocenters. The summed E-state index contributed by atoms with van der Waals surface area (Å²) in [4.78, 5) is 23.0. The SMILES string of the molecule is Cc1ccc(CNC(=O)NC(C(=O)O)c2cnn(C)c2)o1. The second-order valence-corrected chi connectivity index (χ2v) is 4.56. The predicted octanol–water partition coefficient (Wildman–Crippen LogP) is 0.947. The van der Waals surface area contributed by atoms with Gasteiger partial charge in [-0.1, -0.05) is 0 Å². The first-order chi connectivity index (χ1) is 9.95. The van der Waals surface area contributed by atoms with E-state index in [0.29, 0.717) is 11.3 Å². The van der Waals surface area contributed by atoms with E-state index in [9.17, 15) is 14.7 Å². The van der Waals surface area contributed by atoms with Crippen LogP contribution in [0, 0.1) is 6.92 Å². The van der Waals surface area contributed by atoms with E-state index in [2.05, 4.69) is 15.7 Å². The summed E-state index contributed by atoms with van der Waals surface area (Å²) in [6, 6.07) is 1.77. The van der Waals surface area contributed by atoms with Crippen LogP contribution in [0.3, 0.4) is 0 Å². The summed E-state index contributed by atoms with van der Waals surface area (Å²) in [5.41, 5.74) is 0.397. The fraction of sp³-hybridized carbons (Fsp3) is 0.308. The van der Waals surface area contributed by atoms with Gasteiger partial charge in [0.25, 0.3) is 0 Å². The van der Waals surface area contributed by atoms with E-state index >= 15 is 0 Å². The van der Waals surface area contributed by atoms with E-state index in [1.165, 1.54) is 17.1 Å². The number of hydrogen-bond donors (Lipinski definition) is 3. The summed E-state index contributed by atoms with van der Waals surface area (Å²) in [6.07, 6.45) is 2.93. The predicted molar refractivity (Wildman–Crippen MR) is 72.4 cm³/mol. The third-order valence-electron chi connectivity index (χ3n) is 2.80. The number of carbonyl (C=O) groups excluding carboxylic acids is 1. The molecule has 0 aromatic carbocycles. The molecule has 2 aromatic heterocycles.